The number of carbonyl (C=O) groups is 2. The van der Waals surface area contributed by atoms with Crippen molar-refractivity contribution in [2.75, 3.05) is 5.32 Å². The SMILES string of the molecule is O=C(C=Cc1ccc(Cl)c([N+](=O)[O-])c1)NC(=S)Nc1ccc(C(=O)O)cc1. The molecule has 2 aromatic carbocycles. The predicted molar refractivity (Wildman–Crippen MR) is 105 cm³/mol. The fraction of sp³-hybridized carbons (Fsp3) is 0. The summed E-state index contributed by atoms with van der Waals surface area (Å²) in [6.07, 6.45) is 2.54. The minimum Gasteiger partial charge on any atom is -0.478 e. The lowest BCUT2D eigenvalue weighted by Gasteiger charge is -2.08. The molecule has 0 saturated heterocycles. The summed E-state index contributed by atoms with van der Waals surface area (Å²) in [6, 6.07) is 9.93. The number of carboxylic acid groups (broad SMARTS) is 1. The van der Waals surface area contributed by atoms with Crippen LogP contribution in [0.15, 0.2) is 48.5 Å². The number of nitro groups is 1. The summed E-state index contributed by atoms with van der Waals surface area (Å²) < 4.78 is 0. The van der Waals surface area contributed by atoms with Gasteiger partial charge >= 0.3 is 5.97 Å². The highest BCUT2D eigenvalue weighted by Crippen LogP contribution is 2.25. The van der Waals surface area contributed by atoms with Gasteiger partial charge in [-0.1, -0.05) is 17.7 Å². The van der Waals surface area contributed by atoms with E-state index in [0.717, 1.165) is 6.08 Å². The molecule has 0 aromatic heterocycles. The van der Waals surface area contributed by atoms with Crippen LogP contribution >= 0.6 is 23.8 Å². The number of benzene rings is 2. The van der Waals surface area contributed by atoms with Gasteiger partial charge in [-0.25, -0.2) is 4.79 Å². The fourth-order valence-electron chi connectivity index (χ4n) is 1.96. The third-order valence-electron chi connectivity index (χ3n) is 3.22. The topological polar surface area (TPSA) is 122 Å². The molecule has 0 heterocycles. The zero-order valence-corrected chi connectivity index (χ0v) is 15.1. The number of nitrogens with zero attached hydrogens (tertiary/aromatic N) is 1. The third kappa shape index (κ3) is 5.87. The minimum atomic E-state index is -1.05. The van der Waals surface area contributed by atoms with Crippen LogP contribution < -0.4 is 10.6 Å². The maximum Gasteiger partial charge on any atom is 0.335 e. The number of thiocarbonyl (C=S) groups is 1. The van der Waals surface area contributed by atoms with Gasteiger partial charge in [0, 0.05) is 17.8 Å². The van der Waals surface area contributed by atoms with Crippen LogP contribution in [-0.4, -0.2) is 27.0 Å². The highest BCUT2D eigenvalue weighted by atomic mass is 35.5. The first-order chi connectivity index (χ1) is 12.8. The van der Waals surface area contributed by atoms with Crippen LogP contribution in [0.3, 0.4) is 0 Å². The average Bonchev–Trinajstić information content (AvgIpc) is 2.61. The van der Waals surface area contributed by atoms with Gasteiger partial charge < -0.3 is 10.4 Å². The van der Waals surface area contributed by atoms with Gasteiger partial charge in [0.15, 0.2) is 5.11 Å². The maximum absolute atomic E-state index is 11.9. The van der Waals surface area contributed by atoms with E-state index in [1.54, 1.807) is 0 Å². The van der Waals surface area contributed by atoms with Gasteiger partial charge in [-0.15, -0.1) is 0 Å². The molecule has 2 rings (SSSR count). The van der Waals surface area contributed by atoms with E-state index in [0.29, 0.717) is 11.3 Å². The van der Waals surface area contributed by atoms with Gasteiger partial charge in [-0.05, 0) is 54.2 Å². The third-order valence-corrected chi connectivity index (χ3v) is 3.74. The van der Waals surface area contributed by atoms with Gasteiger partial charge in [0.1, 0.15) is 5.02 Å². The van der Waals surface area contributed by atoms with E-state index in [-0.39, 0.29) is 21.4 Å². The molecular weight excluding hydrogens is 394 g/mol. The lowest BCUT2D eigenvalue weighted by molar-refractivity contribution is -0.384. The highest BCUT2D eigenvalue weighted by molar-refractivity contribution is 7.80. The van der Waals surface area contributed by atoms with Crippen molar-refractivity contribution < 1.29 is 19.6 Å². The molecule has 8 nitrogen and oxygen atoms in total. The number of rotatable bonds is 5. The molecule has 0 aliphatic rings. The molecule has 0 saturated carbocycles. The summed E-state index contributed by atoms with van der Waals surface area (Å²) in [6.45, 7) is 0. The number of carbonyl (C=O) groups excluding carboxylic acids is 1. The average molecular weight is 406 g/mol. The molecule has 0 aliphatic carbocycles. The Morgan fingerprint density at radius 1 is 1.19 bits per heavy atom. The first kappa shape index (κ1) is 20.0. The summed E-state index contributed by atoms with van der Waals surface area (Å²) in [7, 11) is 0. The largest absolute Gasteiger partial charge is 0.478 e. The Morgan fingerprint density at radius 2 is 1.85 bits per heavy atom. The van der Waals surface area contributed by atoms with Gasteiger partial charge in [0.05, 0.1) is 10.5 Å². The van der Waals surface area contributed by atoms with Crippen molar-refractivity contribution in [3.8, 4) is 0 Å². The quantitative estimate of drug-likeness (QED) is 0.301. The van der Waals surface area contributed by atoms with Gasteiger partial charge in [-0.3, -0.25) is 20.2 Å². The van der Waals surface area contributed by atoms with Crippen molar-refractivity contribution in [3.05, 3.63) is 74.8 Å². The number of carboxylic acids is 1. The molecule has 0 bridgehead atoms. The van der Waals surface area contributed by atoms with E-state index in [1.165, 1.54) is 48.5 Å². The van der Waals surface area contributed by atoms with E-state index in [9.17, 15) is 19.7 Å². The van der Waals surface area contributed by atoms with E-state index in [1.807, 2.05) is 0 Å². The molecule has 138 valence electrons. The Bertz CT molecular complexity index is 944. The normalized spacial score (nSPS) is 10.4. The van der Waals surface area contributed by atoms with Crippen LogP contribution in [0.2, 0.25) is 5.02 Å². The van der Waals surface area contributed by atoms with Gasteiger partial charge in [0.2, 0.25) is 5.91 Å². The molecule has 0 spiro atoms. The summed E-state index contributed by atoms with van der Waals surface area (Å²) >= 11 is 10.7. The Labute approximate surface area is 163 Å². The second-order valence-electron chi connectivity index (χ2n) is 5.13. The minimum absolute atomic E-state index is 0.000830. The molecule has 2 aromatic rings. The summed E-state index contributed by atoms with van der Waals surface area (Å²) in [4.78, 5) is 32.9. The van der Waals surface area contributed by atoms with Gasteiger partial charge in [-0.2, -0.15) is 0 Å². The number of amides is 1. The second kappa shape index (κ2) is 8.88. The summed E-state index contributed by atoms with van der Waals surface area (Å²) in [5, 5.41) is 24.8. The number of nitro benzene ring substituents is 1. The van der Waals surface area contributed by atoms with Crippen molar-refractivity contribution in [3.63, 3.8) is 0 Å². The van der Waals surface area contributed by atoms with Crippen molar-refractivity contribution >= 4 is 58.3 Å². The van der Waals surface area contributed by atoms with Crippen LogP contribution in [0.25, 0.3) is 6.08 Å². The smallest absolute Gasteiger partial charge is 0.335 e. The second-order valence-corrected chi connectivity index (χ2v) is 5.94. The van der Waals surface area contributed by atoms with Crippen molar-refractivity contribution in [1.29, 1.82) is 0 Å². The summed E-state index contributed by atoms with van der Waals surface area (Å²) in [5.74, 6) is -1.60. The van der Waals surface area contributed by atoms with Crippen molar-refractivity contribution in [1.82, 2.24) is 5.32 Å². The fourth-order valence-corrected chi connectivity index (χ4v) is 2.36. The number of halogens is 1. The maximum atomic E-state index is 11.9. The van der Waals surface area contributed by atoms with E-state index in [4.69, 9.17) is 28.9 Å². The van der Waals surface area contributed by atoms with Crippen LogP contribution in [-0.2, 0) is 4.79 Å². The first-order valence-corrected chi connectivity index (χ1v) is 8.12. The monoisotopic (exact) mass is 405 g/mol. The standard InChI is InChI=1S/C17H12ClN3O5S/c18-13-7-1-10(9-14(13)21(25)26)2-8-15(22)20-17(27)19-12-5-3-11(4-6-12)16(23)24/h1-9H,(H,23,24)(H2,19,20,22,27). The number of aromatic carboxylic acids is 1. The molecule has 0 aliphatic heterocycles. The highest BCUT2D eigenvalue weighted by Gasteiger charge is 2.12. The predicted octanol–water partition coefficient (Wildman–Crippen LogP) is 3.47. The Balaban J connectivity index is 1.95. The molecule has 3 N–H and O–H groups in total. The number of anilines is 1. The lowest BCUT2D eigenvalue weighted by atomic mass is 10.2. The number of nitrogens with one attached hydrogen (secondary N) is 2. The molecule has 0 fully saturated rings. The molecule has 1 amide bonds. The van der Waals surface area contributed by atoms with E-state index >= 15 is 0 Å². The van der Waals surface area contributed by atoms with E-state index in [2.05, 4.69) is 10.6 Å². The Hall–Kier alpha value is -3.30. The molecular formula is C17H12ClN3O5S. The molecule has 27 heavy (non-hydrogen) atoms. The van der Waals surface area contributed by atoms with Crippen LogP contribution in [0.5, 0.6) is 0 Å². The van der Waals surface area contributed by atoms with Crippen molar-refractivity contribution in [2.45, 2.75) is 0 Å². The Kier molecular flexibility index (Phi) is 6.58. The zero-order chi connectivity index (χ0) is 20.0. The van der Waals surface area contributed by atoms with Crippen molar-refractivity contribution in [2.24, 2.45) is 0 Å². The van der Waals surface area contributed by atoms with Crippen LogP contribution in [0, 0.1) is 10.1 Å². The summed E-state index contributed by atoms with van der Waals surface area (Å²) in [5.41, 5.74) is 0.781. The number of hydrogen-bond acceptors (Lipinski definition) is 5. The number of hydrogen-bond donors (Lipinski definition) is 3. The van der Waals surface area contributed by atoms with Gasteiger partial charge in [0.25, 0.3) is 5.69 Å². The molecule has 0 unspecified atom stereocenters. The lowest BCUT2D eigenvalue weighted by Crippen LogP contribution is -2.32. The molecule has 0 radical (unpaired) electrons. The molecule has 0 atom stereocenters. The van der Waals surface area contributed by atoms with E-state index < -0.39 is 16.8 Å². The molecule has 10 heteroatoms. The Morgan fingerprint density at radius 3 is 2.44 bits per heavy atom. The first-order valence-electron chi connectivity index (χ1n) is 7.33. The zero-order valence-electron chi connectivity index (χ0n) is 13.5. The van der Waals surface area contributed by atoms with Crippen LogP contribution in [0.4, 0.5) is 11.4 Å². The van der Waals surface area contributed by atoms with Crippen LogP contribution in [0.1, 0.15) is 15.9 Å².